The quantitative estimate of drug-likeness (QED) is 0.780. The number of benzene rings is 1. The summed E-state index contributed by atoms with van der Waals surface area (Å²) in [5, 5.41) is 3.32. The summed E-state index contributed by atoms with van der Waals surface area (Å²) in [6, 6.07) is 8.59. The molecule has 0 amide bonds. The molecule has 1 aliphatic carbocycles. The van der Waals surface area contributed by atoms with Gasteiger partial charge in [-0.15, -0.1) is 0 Å². The normalized spacial score (nSPS) is 16.9. The number of ether oxygens (including phenoxy) is 2. The molecular weight excluding hydrogens is 238 g/mol. The molecule has 2 rings (SSSR count). The molecule has 1 aliphatic rings. The highest BCUT2D eigenvalue weighted by Gasteiger charge is 2.20. The molecule has 0 spiro atoms. The van der Waals surface area contributed by atoms with Crippen LogP contribution in [0.2, 0.25) is 0 Å². The van der Waals surface area contributed by atoms with Gasteiger partial charge in [-0.25, -0.2) is 0 Å². The van der Waals surface area contributed by atoms with E-state index in [0.29, 0.717) is 6.10 Å². The summed E-state index contributed by atoms with van der Waals surface area (Å²) in [5.41, 5.74) is 1.26. The topological polar surface area (TPSA) is 30.5 Å². The van der Waals surface area contributed by atoms with Gasteiger partial charge in [0.2, 0.25) is 0 Å². The van der Waals surface area contributed by atoms with Crippen LogP contribution in [-0.2, 0) is 4.74 Å². The fourth-order valence-corrected chi connectivity index (χ4v) is 2.13. The molecular formula is C16H25NO2. The highest BCUT2D eigenvalue weighted by atomic mass is 16.5. The van der Waals surface area contributed by atoms with Crippen molar-refractivity contribution in [3.63, 3.8) is 0 Å². The Bertz CT molecular complexity index is 360. The Morgan fingerprint density at radius 3 is 2.53 bits per heavy atom. The minimum atomic E-state index is 0.265. The van der Waals surface area contributed by atoms with Gasteiger partial charge in [0, 0.05) is 0 Å². The van der Waals surface area contributed by atoms with Gasteiger partial charge in [0.25, 0.3) is 0 Å². The van der Waals surface area contributed by atoms with Crippen LogP contribution in [0.25, 0.3) is 0 Å². The SMILES string of the molecule is CCCOc1ccc(C(COC2CCC2)NC)cc1. The fraction of sp³-hybridized carbons (Fsp3) is 0.625. The van der Waals surface area contributed by atoms with Crippen LogP contribution in [0.1, 0.15) is 44.2 Å². The molecule has 106 valence electrons. The van der Waals surface area contributed by atoms with Gasteiger partial charge >= 0.3 is 0 Å². The number of nitrogens with one attached hydrogen (secondary N) is 1. The van der Waals surface area contributed by atoms with E-state index in [9.17, 15) is 0 Å². The van der Waals surface area contributed by atoms with Crippen molar-refractivity contribution in [1.82, 2.24) is 5.32 Å². The molecule has 0 radical (unpaired) electrons. The zero-order valence-corrected chi connectivity index (χ0v) is 12.0. The summed E-state index contributed by atoms with van der Waals surface area (Å²) in [7, 11) is 1.98. The fourth-order valence-electron chi connectivity index (χ4n) is 2.13. The standard InChI is InChI=1S/C16H25NO2/c1-3-11-18-15-9-7-13(8-10-15)16(17-2)12-19-14-5-4-6-14/h7-10,14,16-17H,3-6,11-12H2,1-2H3. The Morgan fingerprint density at radius 1 is 1.26 bits per heavy atom. The molecule has 1 aromatic rings. The largest absolute Gasteiger partial charge is 0.494 e. The Kier molecular flexibility index (Phi) is 5.67. The second kappa shape index (κ2) is 7.51. The van der Waals surface area contributed by atoms with E-state index in [4.69, 9.17) is 9.47 Å². The molecule has 1 unspecified atom stereocenters. The maximum absolute atomic E-state index is 5.89. The highest BCUT2D eigenvalue weighted by molar-refractivity contribution is 5.29. The maximum Gasteiger partial charge on any atom is 0.119 e. The Labute approximate surface area is 116 Å². The van der Waals surface area contributed by atoms with E-state index in [1.54, 1.807) is 0 Å². The summed E-state index contributed by atoms with van der Waals surface area (Å²) in [5.74, 6) is 0.945. The third-order valence-corrected chi connectivity index (χ3v) is 3.65. The summed E-state index contributed by atoms with van der Waals surface area (Å²) in [6.45, 7) is 3.64. The third-order valence-electron chi connectivity index (χ3n) is 3.65. The van der Waals surface area contributed by atoms with Gasteiger partial charge in [-0.1, -0.05) is 19.1 Å². The van der Waals surface area contributed by atoms with Gasteiger partial charge in [0.15, 0.2) is 0 Å². The lowest BCUT2D eigenvalue weighted by atomic mass is 9.96. The molecule has 19 heavy (non-hydrogen) atoms. The average Bonchev–Trinajstić information content (AvgIpc) is 2.40. The number of hydrogen-bond donors (Lipinski definition) is 1. The minimum absolute atomic E-state index is 0.265. The predicted molar refractivity (Wildman–Crippen MR) is 77.6 cm³/mol. The maximum atomic E-state index is 5.89. The van der Waals surface area contributed by atoms with Crippen LogP contribution in [0, 0.1) is 0 Å². The van der Waals surface area contributed by atoms with Crippen LogP contribution in [0.5, 0.6) is 5.75 Å². The molecule has 0 aromatic heterocycles. The lowest BCUT2D eigenvalue weighted by molar-refractivity contribution is -0.00794. The van der Waals surface area contributed by atoms with E-state index in [1.807, 2.05) is 19.2 Å². The van der Waals surface area contributed by atoms with Crippen molar-refractivity contribution in [3.8, 4) is 5.75 Å². The van der Waals surface area contributed by atoms with Crippen molar-refractivity contribution in [2.24, 2.45) is 0 Å². The van der Waals surface area contributed by atoms with Gasteiger partial charge in [-0.3, -0.25) is 0 Å². The first kappa shape index (κ1) is 14.4. The first-order valence-corrected chi connectivity index (χ1v) is 7.35. The lowest BCUT2D eigenvalue weighted by Crippen LogP contribution is -2.28. The lowest BCUT2D eigenvalue weighted by Gasteiger charge is -2.28. The van der Waals surface area contributed by atoms with Gasteiger partial charge in [-0.05, 0) is 50.4 Å². The first-order chi connectivity index (χ1) is 9.33. The third kappa shape index (κ3) is 4.22. The molecule has 1 atom stereocenters. The van der Waals surface area contributed by atoms with E-state index >= 15 is 0 Å². The van der Waals surface area contributed by atoms with Crippen molar-refractivity contribution in [1.29, 1.82) is 0 Å². The summed E-state index contributed by atoms with van der Waals surface area (Å²) < 4.78 is 11.5. The van der Waals surface area contributed by atoms with Gasteiger partial charge in [0.05, 0.1) is 25.4 Å². The van der Waals surface area contributed by atoms with Crippen molar-refractivity contribution in [2.75, 3.05) is 20.3 Å². The molecule has 1 N–H and O–H groups in total. The van der Waals surface area contributed by atoms with E-state index in [2.05, 4.69) is 24.4 Å². The summed E-state index contributed by atoms with van der Waals surface area (Å²) in [6.07, 6.45) is 5.29. The van der Waals surface area contributed by atoms with Crippen LogP contribution < -0.4 is 10.1 Å². The molecule has 1 aromatic carbocycles. The molecule has 0 heterocycles. The van der Waals surface area contributed by atoms with E-state index in [0.717, 1.165) is 25.4 Å². The molecule has 3 heteroatoms. The van der Waals surface area contributed by atoms with E-state index < -0.39 is 0 Å². The summed E-state index contributed by atoms with van der Waals surface area (Å²) >= 11 is 0. The number of hydrogen-bond acceptors (Lipinski definition) is 3. The predicted octanol–water partition coefficient (Wildman–Crippen LogP) is 3.31. The minimum Gasteiger partial charge on any atom is -0.494 e. The smallest absolute Gasteiger partial charge is 0.119 e. The summed E-state index contributed by atoms with van der Waals surface area (Å²) in [4.78, 5) is 0. The number of rotatable bonds is 8. The van der Waals surface area contributed by atoms with Crippen LogP contribution >= 0.6 is 0 Å². The molecule has 1 saturated carbocycles. The Morgan fingerprint density at radius 2 is 2.00 bits per heavy atom. The average molecular weight is 263 g/mol. The zero-order chi connectivity index (χ0) is 13.5. The second-order valence-corrected chi connectivity index (χ2v) is 5.15. The van der Waals surface area contributed by atoms with Crippen LogP contribution in [0.15, 0.2) is 24.3 Å². The van der Waals surface area contributed by atoms with Gasteiger partial charge < -0.3 is 14.8 Å². The van der Waals surface area contributed by atoms with Gasteiger partial charge in [-0.2, -0.15) is 0 Å². The molecule has 0 aliphatic heterocycles. The van der Waals surface area contributed by atoms with E-state index in [1.165, 1.54) is 24.8 Å². The van der Waals surface area contributed by atoms with Gasteiger partial charge in [0.1, 0.15) is 5.75 Å². The first-order valence-electron chi connectivity index (χ1n) is 7.35. The van der Waals surface area contributed by atoms with E-state index in [-0.39, 0.29) is 6.04 Å². The molecule has 0 bridgehead atoms. The van der Waals surface area contributed by atoms with Crippen LogP contribution in [0.4, 0.5) is 0 Å². The molecule has 3 nitrogen and oxygen atoms in total. The zero-order valence-electron chi connectivity index (χ0n) is 12.0. The Hall–Kier alpha value is -1.06. The van der Waals surface area contributed by atoms with Crippen molar-refractivity contribution >= 4 is 0 Å². The highest BCUT2D eigenvalue weighted by Crippen LogP contribution is 2.24. The van der Waals surface area contributed by atoms with Crippen LogP contribution in [-0.4, -0.2) is 26.4 Å². The molecule has 1 fully saturated rings. The second-order valence-electron chi connectivity index (χ2n) is 5.15. The monoisotopic (exact) mass is 263 g/mol. The number of likely N-dealkylation sites (N-methyl/N-ethyl adjacent to an activating group) is 1. The van der Waals surface area contributed by atoms with Crippen LogP contribution in [0.3, 0.4) is 0 Å². The Balaban J connectivity index is 1.86. The van der Waals surface area contributed by atoms with Crippen molar-refractivity contribution in [2.45, 2.75) is 44.8 Å². The molecule has 0 saturated heterocycles. The van der Waals surface area contributed by atoms with Crippen molar-refractivity contribution in [3.05, 3.63) is 29.8 Å². The van der Waals surface area contributed by atoms with Crippen molar-refractivity contribution < 1.29 is 9.47 Å².